The van der Waals surface area contributed by atoms with Gasteiger partial charge in [0.2, 0.25) is 5.91 Å². The highest BCUT2D eigenvalue weighted by molar-refractivity contribution is 5.85. The minimum absolute atomic E-state index is 0.244. The second-order valence-electron chi connectivity index (χ2n) is 1.75. The van der Waals surface area contributed by atoms with E-state index in [1.165, 1.54) is 6.41 Å². The molecule has 0 saturated carbocycles. The van der Waals surface area contributed by atoms with Crippen molar-refractivity contribution < 1.29 is 9.59 Å². The first-order valence-electron chi connectivity index (χ1n) is 2.97. The summed E-state index contributed by atoms with van der Waals surface area (Å²) in [6.45, 7) is 1.98. The SMILES string of the molecule is CCCCC(=O)N[C]=O. The summed E-state index contributed by atoms with van der Waals surface area (Å²) in [5, 5.41) is 1.94. The van der Waals surface area contributed by atoms with Gasteiger partial charge >= 0.3 is 6.41 Å². The van der Waals surface area contributed by atoms with Crippen LogP contribution in [0.2, 0.25) is 0 Å². The van der Waals surface area contributed by atoms with Gasteiger partial charge in [0.05, 0.1) is 0 Å². The number of unbranched alkanes of at least 4 members (excludes halogenated alkanes) is 1. The van der Waals surface area contributed by atoms with Gasteiger partial charge in [0.1, 0.15) is 0 Å². The average Bonchev–Trinajstić information content (AvgIpc) is 1.85. The second kappa shape index (κ2) is 5.28. The molecule has 0 bridgehead atoms. The lowest BCUT2D eigenvalue weighted by Gasteiger charge is -1.92. The van der Waals surface area contributed by atoms with Crippen LogP contribution in [0.4, 0.5) is 0 Å². The topological polar surface area (TPSA) is 46.2 Å². The lowest BCUT2D eigenvalue weighted by atomic mass is 10.2. The van der Waals surface area contributed by atoms with Crippen molar-refractivity contribution in [3.8, 4) is 0 Å². The molecule has 0 aromatic carbocycles. The molecular weight excluding hydrogens is 118 g/mol. The molecule has 0 atom stereocenters. The molecule has 0 heterocycles. The summed E-state index contributed by atoms with van der Waals surface area (Å²) in [4.78, 5) is 19.9. The van der Waals surface area contributed by atoms with Crippen LogP contribution < -0.4 is 5.32 Å². The molecule has 0 spiro atoms. The number of rotatable bonds is 4. The van der Waals surface area contributed by atoms with Gasteiger partial charge in [-0.25, -0.2) is 0 Å². The van der Waals surface area contributed by atoms with E-state index in [0.717, 1.165) is 12.8 Å². The fourth-order valence-electron chi connectivity index (χ4n) is 0.457. The van der Waals surface area contributed by atoms with Gasteiger partial charge in [-0.2, -0.15) is 0 Å². The third kappa shape index (κ3) is 5.00. The Balaban J connectivity index is 3.16. The number of imide groups is 1. The van der Waals surface area contributed by atoms with Crippen molar-refractivity contribution in [3.63, 3.8) is 0 Å². The molecule has 9 heavy (non-hydrogen) atoms. The lowest BCUT2D eigenvalue weighted by Crippen LogP contribution is -2.20. The maximum Gasteiger partial charge on any atom is 0.316 e. The number of carbonyl (C=O) groups is 1. The molecule has 0 aliphatic carbocycles. The maximum absolute atomic E-state index is 10.4. The lowest BCUT2D eigenvalue weighted by molar-refractivity contribution is -0.119. The van der Waals surface area contributed by atoms with Crippen LogP contribution in [0.25, 0.3) is 0 Å². The van der Waals surface area contributed by atoms with Crippen LogP contribution in [0, 0.1) is 0 Å². The molecule has 0 rings (SSSR count). The van der Waals surface area contributed by atoms with Crippen LogP contribution in [-0.4, -0.2) is 12.3 Å². The van der Waals surface area contributed by atoms with Gasteiger partial charge < -0.3 is 0 Å². The summed E-state index contributed by atoms with van der Waals surface area (Å²) in [6.07, 6.45) is 3.54. The summed E-state index contributed by atoms with van der Waals surface area (Å²) in [7, 11) is 0. The quantitative estimate of drug-likeness (QED) is 0.555. The molecule has 2 amide bonds. The van der Waals surface area contributed by atoms with Gasteiger partial charge in [0, 0.05) is 6.42 Å². The Bertz CT molecular complexity index is 101. The summed E-state index contributed by atoms with van der Waals surface area (Å²) in [6, 6.07) is 0. The van der Waals surface area contributed by atoms with Crippen LogP contribution in [-0.2, 0) is 9.59 Å². The molecule has 0 unspecified atom stereocenters. The molecule has 1 N–H and O–H groups in total. The summed E-state index contributed by atoms with van der Waals surface area (Å²) >= 11 is 0. The van der Waals surface area contributed by atoms with Gasteiger partial charge in [-0.05, 0) is 6.42 Å². The standard InChI is InChI=1S/C6H10NO2/c1-2-3-4-6(9)7-5-8/h2-4H2,1H3,(H,7,8,9). The van der Waals surface area contributed by atoms with Crippen molar-refractivity contribution in [2.45, 2.75) is 26.2 Å². The maximum atomic E-state index is 10.4. The normalized spacial score (nSPS) is 8.56. The fraction of sp³-hybridized carbons (Fsp3) is 0.667. The van der Waals surface area contributed by atoms with Crippen LogP contribution >= 0.6 is 0 Å². The fourth-order valence-corrected chi connectivity index (χ4v) is 0.457. The van der Waals surface area contributed by atoms with Crippen molar-refractivity contribution in [3.05, 3.63) is 0 Å². The Morgan fingerprint density at radius 2 is 2.33 bits per heavy atom. The number of hydrogen-bond acceptors (Lipinski definition) is 2. The summed E-state index contributed by atoms with van der Waals surface area (Å²) in [5.74, 6) is -0.244. The molecule has 51 valence electrons. The Morgan fingerprint density at radius 3 is 2.78 bits per heavy atom. The first-order chi connectivity index (χ1) is 4.31. The zero-order valence-electron chi connectivity index (χ0n) is 5.44. The van der Waals surface area contributed by atoms with Crippen molar-refractivity contribution in [1.29, 1.82) is 0 Å². The van der Waals surface area contributed by atoms with Gasteiger partial charge in [0.25, 0.3) is 0 Å². The van der Waals surface area contributed by atoms with E-state index in [1.54, 1.807) is 0 Å². The van der Waals surface area contributed by atoms with E-state index in [2.05, 4.69) is 0 Å². The van der Waals surface area contributed by atoms with Crippen LogP contribution in [0.3, 0.4) is 0 Å². The zero-order chi connectivity index (χ0) is 7.11. The number of hydrogen-bond donors (Lipinski definition) is 1. The minimum Gasteiger partial charge on any atom is -0.288 e. The molecule has 3 heteroatoms. The molecule has 0 fully saturated rings. The van der Waals surface area contributed by atoms with E-state index in [0.29, 0.717) is 6.42 Å². The Morgan fingerprint density at radius 1 is 1.67 bits per heavy atom. The van der Waals surface area contributed by atoms with E-state index in [9.17, 15) is 9.59 Å². The third-order valence-electron chi connectivity index (χ3n) is 0.948. The van der Waals surface area contributed by atoms with E-state index >= 15 is 0 Å². The molecule has 0 saturated heterocycles. The van der Waals surface area contributed by atoms with E-state index < -0.39 is 0 Å². The van der Waals surface area contributed by atoms with E-state index in [4.69, 9.17) is 0 Å². The van der Waals surface area contributed by atoms with Crippen molar-refractivity contribution in [2.75, 3.05) is 0 Å². The summed E-state index contributed by atoms with van der Waals surface area (Å²) in [5.41, 5.74) is 0. The molecule has 0 aliphatic heterocycles. The average molecular weight is 128 g/mol. The van der Waals surface area contributed by atoms with Gasteiger partial charge in [-0.3, -0.25) is 14.9 Å². The van der Waals surface area contributed by atoms with Gasteiger partial charge in [0.15, 0.2) is 0 Å². The number of carbonyl (C=O) groups excluding carboxylic acids is 2. The zero-order valence-corrected chi connectivity index (χ0v) is 5.44. The Hall–Kier alpha value is -0.860. The summed E-state index contributed by atoms with van der Waals surface area (Å²) < 4.78 is 0. The molecule has 1 radical (unpaired) electrons. The highest BCUT2D eigenvalue weighted by Gasteiger charge is 1.96. The first kappa shape index (κ1) is 8.14. The first-order valence-corrected chi connectivity index (χ1v) is 2.97. The van der Waals surface area contributed by atoms with Crippen molar-refractivity contribution in [1.82, 2.24) is 5.32 Å². The highest BCUT2D eigenvalue weighted by atomic mass is 16.2. The van der Waals surface area contributed by atoms with Crippen LogP contribution in [0.15, 0.2) is 0 Å². The monoisotopic (exact) mass is 128 g/mol. The second-order valence-corrected chi connectivity index (χ2v) is 1.75. The van der Waals surface area contributed by atoms with E-state index in [-0.39, 0.29) is 5.91 Å². The molecule has 3 nitrogen and oxygen atoms in total. The smallest absolute Gasteiger partial charge is 0.288 e. The minimum atomic E-state index is -0.244. The van der Waals surface area contributed by atoms with Crippen molar-refractivity contribution in [2.24, 2.45) is 0 Å². The predicted molar refractivity (Wildman–Crippen MR) is 33.4 cm³/mol. The Labute approximate surface area is 54.4 Å². The molecule has 0 aliphatic rings. The predicted octanol–water partition coefficient (Wildman–Crippen LogP) is 0.360. The van der Waals surface area contributed by atoms with Crippen LogP contribution in [0.1, 0.15) is 26.2 Å². The van der Waals surface area contributed by atoms with Crippen molar-refractivity contribution >= 4 is 12.3 Å². The van der Waals surface area contributed by atoms with E-state index in [1.807, 2.05) is 12.2 Å². The largest absolute Gasteiger partial charge is 0.316 e. The Kier molecular flexibility index (Phi) is 4.78. The van der Waals surface area contributed by atoms with Gasteiger partial charge in [-0.1, -0.05) is 13.3 Å². The number of nitrogens with one attached hydrogen (secondary N) is 1. The molecule has 0 aromatic rings. The highest BCUT2D eigenvalue weighted by Crippen LogP contribution is 1.91. The number of amides is 2. The third-order valence-corrected chi connectivity index (χ3v) is 0.948. The van der Waals surface area contributed by atoms with Gasteiger partial charge in [-0.15, -0.1) is 0 Å². The van der Waals surface area contributed by atoms with Crippen LogP contribution in [0.5, 0.6) is 0 Å². The molecular formula is C6H10NO2. The molecule has 0 aromatic heterocycles.